The molecule has 0 fully saturated rings. The number of methoxy groups -OCH3 is 1. The molecule has 2 aromatic carbocycles. The monoisotopic (exact) mass is 277 g/mol. The number of primary sulfonamides is 1. The molecular weight excluding hydrogens is 262 g/mol. The fourth-order valence-electron chi connectivity index (χ4n) is 1.89. The zero-order valence-corrected chi connectivity index (χ0v) is 11.4. The zero-order chi connectivity index (χ0) is 13.9. The Morgan fingerprint density at radius 2 is 1.79 bits per heavy atom. The summed E-state index contributed by atoms with van der Waals surface area (Å²) in [6.45, 7) is 0. The molecule has 19 heavy (non-hydrogen) atoms. The van der Waals surface area contributed by atoms with E-state index in [2.05, 4.69) is 0 Å². The highest BCUT2D eigenvalue weighted by Crippen LogP contribution is 2.24. The van der Waals surface area contributed by atoms with E-state index in [1.54, 1.807) is 19.2 Å². The van der Waals surface area contributed by atoms with Crippen molar-refractivity contribution in [3.05, 3.63) is 59.7 Å². The third kappa shape index (κ3) is 3.33. The summed E-state index contributed by atoms with van der Waals surface area (Å²) in [4.78, 5) is 0.0965. The first kappa shape index (κ1) is 13.6. The number of benzene rings is 2. The van der Waals surface area contributed by atoms with Crippen LogP contribution in [0.2, 0.25) is 0 Å². The third-order valence-electron chi connectivity index (χ3n) is 2.82. The van der Waals surface area contributed by atoms with Gasteiger partial charge < -0.3 is 4.74 Å². The Morgan fingerprint density at radius 3 is 2.37 bits per heavy atom. The lowest BCUT2D eigenvalue weighted by atomic mass is 10.0. The Labute approximate surface area is 112 Å². The zero-order valence-electron chi connectivity index (χ0n) is 10.5. The van der Waals surface area contributed by atoms with E-state index < -0.39 is 10.0 Å². The van der Waals surface area contributed by atoms with Crippen LogP contribution < -0.4 is 9.88 Å². The fraction of sp³-hybridized carbons (Fsp3) is 0.143. The van der Waals surface area contributed by atoms with Crippen LogP contribution in [0.1, 0.15) is 11.1 Å². The van der Waals surface area contributed by atoms with Crippen LogP contribution in [-0.4, -0.2) is 15.5 Å². The normalized spacial score (nSPS) is 11.3. The molecule has 4 nitrogen and oxygen atoms in total. The first-order valence-corrected chi connectivity index (χ1v) is 7.29. The van der Waals surface area contributed by atoms with Crippen molar-refractivity contribution in [3.63, 3.8) is 0 Å². The summed E-state index contributed by atoms with van der Waals surface area (Å²) in [5.74, 6) is 0.649. The summed E-state index contributed by atoms with van der Waals surface area (Å²) in [5.41, 5.74) is 1.87. The maximum Gasteiger partial charge on any atom is 0.238 e. The fourth-order valence-corrected chi connectivity index (χ4v) is 2.45. The van der Waals surface area contributed by atoms with Gasteiger partial charge in [0.25, 0.3) is 0 Å². The number of rotatable bonds is 4. The molecule has 2 rings (SSSR count). The highest BCUT2D eigenvalue weighted by Gasteiger charge is 2.12. The Kier molecular flexibility index (Phi) is 3.87. The van der Waals surface area contributed by atoms with Crippen LogP contribution in [0.15, 0.2) is 53.4 Å². The van der Waals surface area contributed by atoms with Gasteiger partial charge in [0.2, 0.25) is 10.0 Å². The van der Waals surface area contributed by atoms with Gasteiger partial charge in [0.15, 0.2) is 0 Å². The molecule has 0 saturated carbocycles. The maximum atomic E-state index is 11.4. The topological polar surface area (TPSA) is 69.4 Å². The quantitative estimate of drug-likeness (QED) is 0.928. The molecule has 0 aliphatic rings. The molecule has 0 unspecified atom stereocenters. The maximum absolute atomic E-state index is 11.4. The van der Waals surface area contributed by atoms with Gasteiger partial charge in [-0.05, 0) is 29.3 Å². The van der Waals surface area contributed by atoms with Gasteiger partial charge >= 0.3 is 0 Å². The van der Waals surface area contributed by atoms with Gasteiger partial charge in [-0.2, -0.15) is 0 Å². The third-order valence-corrected chi connectivity index (χ3v) is 3.73. The molecular formula is C14H15NO3S. The van der Waals surface area contributed by atoms with Crippen molar-refractivity contribution in [1.82, 2.24) is 0 Å². The van der Waals surface area contributed by atoms with E-state index >= 15 is 0 Å². The summed E-state index contributed by atoms with van der Waals surface area (Å²) in [7, 11) is -2.14. The Bertz CT molecular complexity index is 666. The molecule has 0 atom stereocenters. The Balaban J connectivity index is 2.43. The van der Waals surface area contributed by atoms with Gasteiger partial charge in [-0.1, -0.05) is 30.3 Å². The van der Waals surface area contributed by atoms with E-state index in [0.717, 1.165) is 11.1 Å². The van der Waals surface area contributed by atoms with Gasteiger partial charge in [0.05, 0.1) is 12.0 Å². The lowest BCUT2D eigenvalue weighted by Crippen LogP contribution is -2.12. The molecule has 0 heterocycles. The van der Waals surface area contributed by atoms with Crippen molar-refractivity contribution in [2.45, 2.75) is 11.3 Å². The molecule has 0 saturated heterocycles. The van der Waals surface area contributed by atoms with Crippen LogP contribution in [0, 0.1) is 0 Å². The first-order chi connectivity index (χ1) is 9.00. The average Bonchev–Trinajstić information content (AvgIpc) is 2.39. The molecule has 2 aromatic rings. The van der Waals surface area contributed by atoms with Crippen LogP contribution in [0.25, 0.3) is 0 Å². The number of hydrogen-bond donors (Lipinski definition) is 1. The van der Waals surface area contributed by atoms with Crippen molar-refractivity contribution in [1.29, 1.82) is 0 Å². The van der Waals surface area contributed by atoms with E-state index in [0.29, 0.717) is 12.2 Å². The first-order valence-electron chi connectivity index (χ1n) is 5.74. The summed E-state index contributed by atoms with van der Waals surface area (Å²) in [5, 5.41) is 5.14. The smallest absolute Gasteiger partial charge is 0.238 e. The van der Waals surface area contributed by atoms with Crippen molar-refractivity contribution in [3.8, 4) is 5.75 Å². The van der Waals surface area contributed by atoms with E-state index in [1.165, 1.54) is 6.07 Å². The van der Waals surface area contributed by atoms with Crippen molar-refractivity contribution in [2.24, 2.45) is 5.14 Å². The SMILES string of the molecule is COc1ccc(S(N)(=O)=O)cc1Cc1ccccc1. The molecule has 0 bridgehead atoms. The minimum absolute atomic E-state index is 0.0965. The lowest BCUT2D eigenvalue weighted by molar-refractivity contribution is 0.410. The van der Waals surface area contributed by atoms with Crippen LogP contribution >= 0.6 is 0 Å². The predicted molar refractivity (Wildman–Crippen MR) is 73.6 cm³/mol. The summed E-state index contributed by atoms with van der Waals surface area (Å²) < 4.78 is 28.0. The predicted octanol–water partition coefficient (Wildman–Crippen LogP) is 1.93. The Hall–Kier alpha value is -1.85. The van der Waals surface area contributed by atoms with Crippen molar-refractivity contribution < 1.29 is 13.2 Å². The van der Waals surface area contributed by atoms with Crippen molar-refractivity contribution >= 4 is 10.0 Å². The van der Waals surface area contributed by atoms with E-state index in [-0.39, 0.29) is 4.90 Å². The standard InChI is InChI=1S/C14H15NO3S/c1-18-14-8-7-13(19(15,16)17)10-12(14)9-11-5-3-2-4-6-11/h2-8,10H,9H2,1H3,(H2,15,16,17). The van der Waals surface area contributed by atoms with E-state index in [9.17, 15) is 8.42 Å². The number of ether oxygens (including phenoxy) is 1. The number of nitrogens with two attached hydrogens (primary N) is 1. The van der Waals surface area contributed by atoms with Crippen LogP contribution in [0.5, 0.6) is 5.75 Å². The second kappa shape index (κ2) is 5.42. The average molecular weight is 277 g/mol. The molecule has 5 heteroatoms. The molecule has 0 spiro atoms. The summed E-state index contributed by atoms with van der Waals surface area (Å²) >= 11 is 0. The Morgan fingerprint density at radius 1 is 1.11 bits per heavy atom. The molecule has 100 valence electrons. The van der Waals surface area contributed by atoms with Crippen LogP contribution in [0.4, 0.5) is 0 Å². The van der Waals surface area contributed by atoms with Gasteiger partial charge in [0, 0.05) is 6.42 Å². The molecule has 0 radical (unpaired) electrons. The van der Waals surface area contributed by atoms with Gasteiger partial charge in [-0.3, -0.25) is 0 Å². The summed E-state index contributed by atoms with van der Waals surface area (Å²) in [6, 6.07) is 14.4. The number of hydrogen-bond acceptors (Lipinski definition) is 3. The van der Waals surface area contributed by atoms with Crippen LogP contribution in [-0.2, 0) is 16.4 Å². The van der Waals surface area contributed by atoms with E-state index in [1.807, 2.05) is 30.3 Å². The second-order valence-corrected chi connectivity index (χ2v) is 5.74. The van der Waals surface area contributed by atoms with Gasteiger partial charge in [0.1, 0.15) is 5.75 Å². The molecule has 2 N–H and O–H groups in total. The highest BCUT2D eigenvalue weighted by atomic mass is 32.2. The lowest BCUT2D eigenvalue weighted by Gasteiger charge is -2.10. The van der Waals surface area contributed by atoms with Crippen LogP contribution in [0.3, 0.4) is 0 Å². The molecule has 0 aliphatic heterocycles. The molecule has 0 amide bonds. The highest BCUT2D eigenvalue weighted by molar-refractivity contribution is 7.89. The largest absolute Gasteiger partial charge is 0.496 e. The minimum Gasteiger partial charge on any atom is -0.496 e. The van der Waals surface area contributed by atoms with Crippen molar-refractivity contribution in [2.75, 3.05) is 7.11 Å². The summed E-state index contributed by atoms with van der Waals surface area (Å²) in [6.07, 6.45) is 0.591. The van der Waals surface area contributed by atoms with Gasteiger partial charge in [-0.15, -0.1) is 0 Å². The molecule has 0 aliphatic carbocycles. The molecule has 0 aromatic heterocycles. The minimum atomic E-state index is -3.70. The van der Waals surface area contributed by atoms with Gasteiger partial charge in [-0.25, -0.2) is 13.6 Å². The number of sulfonamides is 1. The second-order valence-electron chi connectivity index (χ2n) is 4.18. The van der Waals surface area contributed by atoms with E-state index in [4.69, 9.17) is 9.88 Å².